The van der Waals surface area contributed by atoms with Crippen LogP contribution in [-0.4, -0.2) is 12.3 Å². The van der Waals surface area contributed by atoms with Crippen molar-refractivity contribution in [1.82, 2.24) is 0 Å². The monoisotopic (exact) mass is 278 g/mol. The molecule has 2 aromatic carbocycles. The summed E-state index contributed by atoms with van der Waals surface area (Å²) in [4.78, 5) is 0. The SMILES string of the molecule is CN(O)c1ccc(-c2ccc(N=S)cc2Cl)cc1. The van der Waals surface area contributed by atoms with Crippen molar-refractivity contribution < 1.29 is 5.21 Å². The lowest BCUT2D eigenvalue weighted by molar-refractivity contribution is 0.279. The fourth-order valence-electron chi connectivity index (χ4n) is 1.65. The molecule has 5 heteroatoms. The molecular formula is C13H11ClN2OS. The molecule has 0 bridgehead atoms. The summed E-state index contributed by atoms with van der Waals surface area (Å²) in [5.41, 5.74) is 3.27. The van der Waals surface area contributed by atoms with E-state index in [0.29, 0.717) is 16.4 Å². The Hall–Kier alpha value is -1.49. The van der Waals surface area contributed by atoms with E-state index >= 15 is 0 Å². The van der Waals surface area contributed by atoms with Gasteiger partial charge in [-0.15, -0.1) is 0 Å². The highest BCUT2D eigenvalue weighted by molar-refractivity contribution is 7.47. The summed E-state index contributed by atoms with van der Waals surface area (Å²) in [7, 11) is 1.57. The molecule has 0 atom stereocenters. The lowest BCUT2D eigenvalue weighted by Gasteiger charge is -2.11. The van der Waals surface area contributed by atoms with Crippen LogP contribution in [-0.2, 0) is 12.4 Å². The molecule has 2 aromatic rings. The zero-order chi connectivity index (χ0) is 13.1. The van der Waals surface area contributed by atoms with Crippen LogP contribution in [0.25, 0.3) is 11.1 Å². The molecule has 0 radical (unpaired) electrons. The number of hydrogen-bond acceptors (Lipinski definition) is 4. The Morgan fingerprint density at radius 1 is 1.17 bits per heavy atom. The summed E-state index contributed by atoms with van der Waals surface area (Å²) < 4.78 is 3.66. The van der Waals surface area contributed by atoms with Gasteiger partial charge in [0.05, 0.1) is 16.4 Å². The standard InChI is InChI=1S/C13H11ClN2OS/c1-16(17)11-5-2-9(3-6-11)12-7-4-10(15-18)8-13(12)14/h2-8,17H,1H3. The zero-order valence-electron chi connectivity index (χ0n) is 9.67. The minimum Gasteiger partial charge on any atom is -0.289 e. The molecule has 0 saturated carbocycles. The summed E-state index contributed by atoms with van der Waals surface area (Å²) >= 11 is 10.8. The summed E-state index contributed by atoms with van der Waals surface area (Å²) in [6.07, 6.45) is 0. The first-order chi connectivity index (χ1) is 8.61. The molecule has 0 spiro atoms. The van der Waals surface area contributed by atoms with Crippen molar-refractivity contribution in [3.8, 4) is 11.1 Å². The van der Waals surface area contributed by atoms with Crippen molar-refractivity contribution in [2.24, 2.45) is 4.36 Å². The normalized spacial score (nSPS) is 10.2. The molecule has 0 amide bonds. The van der Waals surface area contributed by atoms with Crippen LogP contribution in [0, 0.1) is 0 Å². The summed E-state index contributed by atoms with van der Waals surface area (Å²) in [6.45, 7) is 0. The van der Waals surface area contributed by atoms with Crippen LogP contribution in [0.1, 0.15) is 0 Å². The van der Waals surface area contributed by atoms with Crippen molar-refractivity contribution in [1.29, 1.82) is 0 Å². The van der Waals surface area contributed by atoms with Gasteiger partial charge in [-0.05, 0) is 29.8 Å². The molecule has 0 fully saturated rings. The lowest BCUT2D eigenvalue weighted by atomic mass is 10.0. The Bertz CT molecular complexity index is 570. The second-order valence-corrected chi connectivity index (χ2v) is 4.42. The van der Waals surface area contributed by atoms with E-state index < -0.39 is 0 Å². The van der Waals surface area contributed by atoms with E-state index in [2.05, 4.69) is 16.8 Å². The Morgan fingerprint density at radius 3 is 2.33 bits per heavy atom. The van der Waals surface area contributed by atoms with E-state index in [4.69, 9.17) is 11.6 Å². The maximum absolute atomic E-state index is 9.29. The number of benzene rings is 2. The molecule has 2 rings (SSSR count). The van der Waals surface area contributed by atoms with E-state index in [1.54, 1.807) is 13.1 Å². The summed E-state index contributed by atoms with van der Waals surface area (Å²) in [6, 6.07) is 12.9. The molecular weight excluding hydrogens is 268 g/mol. The third-order valence-electron chi connectivity index (χ3n) is 2.61. The van der Waals surface area contributed by atoms with Gasteiger partial charge in [-0.1, -0.05) is 29.8 Å². The first-order valence-electron chi connectivity index (χ1n) is 5.28. The molecule has 3 nitrogen and oxygen atoms in total. The summed E-state index contributed by atoms with van der Waals surface area (Å²) in [5, 5.41) is 11.0. The number of rotatable bonds is 3. The highest BCUT2D eigenvalue weighted by Crippen LogP contribution is 2.32. The number of nitrogens with zero attached hydrogens (tertiary/aromatic N) is 2. The molecule has 0 heterocycles. The third-order valence-corrected chi connectivity index (χ3v) is 3.13. The van der Waals surface area contributed by atoms with E-state index in [1.165, 1.54) is 0 Å². The molecule has 18 heavy (non-hydrogen) atoms. The maximum atomic E-state index is 9.29. The average molecular weight is 279 g/mol. The van der Waals surface area contributed by atoms with Gasteiger partial charge in [-0.2, -0.15) is 4.36 Å². The van der Waals surface area contributed by atoms with Crippen LogP contribution in [0.2, 0.25) is 5.02 Å². The second-order valence-electron chi connectivity index (χ2n) is 3.83. The zero-order valence-corrected chi connectivity index (χ0v) is 11.2. The van der Waals surface area contributed by atoms with Crippen LogP contribution in [0.4, 0.5) is 11.4 Å². The largest absolute Gasteiger partial charge is 0.289 e. The van der Waals surface area contributed by atoms with E-state index in [0.717, 1.165) is 16.2 Å². The third kappa shape index (κ3) is 2.67. The van der Waals surface area contributed by atoms with Gasteiger partial charge in [0.1, 0.15) is 0 Å². The number of anilines is 1. The van der Waals surface area contributed by atoms with Gasteiger partial charge in [-0.3, -0.25) is 10.3 Å². The maximum Gasteiger partial charge on any atom is 0.0784 e. The fraction of sp³-hybridized carbons (Fsp3) is 0.0769. The minimum absolute atomic E-state index is 0.603. The van der Waals surface area contributed by atoms with Crippen molar-refractivity contribution in [3.05, 3.63) is 47.5 Å². The molecule has 0 aliphatic rings. The van der Waals surface area contributed by atoms with Gasteiger partial charge in [0.25, 0.3) is 0 Å². The molecule has 92 valence electrons. The van der Waals surface area contributed by atoms with Gasteiger partial charge in [-0.25, -0.2) is 0 Å². The molecule has 0 aliphatic carbocycles. The van der Waals surface area contributed by atoms with Crippen molar-refractivity contribution in [2.75, 3.05) is 12.1 Å². The highest BCUT2D eigenvalue weighted by atomic mass is 35.5. The molecule has 1 N–H and O–H groups in total. The van der Waals surface area contributed by atoms with Crippen molar-refractivity contribution in [2.45, 2.75) is 0 Å². The summed E-state index contributed by atoms with van der Waals surface area (Å²) in [5.74, 6) is 0. The van der Waals surface area contributed by atoms with Crippen LogP contribution >= 0.6 is 11.6 Å². The van der Waals surface area contributed by atoms with Crippen LogP contribution in [0.15, 0.2) is 46.8 Å². The van der Waals surface area contributed by atoms with Crippen molar-refractivity contribution >= 4 is 35.4 Å². The average Bonchev–Trinajstić information content (AvgIpc) is 2.38. The smallest absolute Gasteiger partial charge is 0.0784 e. The predicted molar refractivity (Wildman–Crippen MR) is 76.5 cm³/mol. The van der Waals surface area contributed by atoms with Crippen molar-refractivity contribution in [3.63, 3.8) is 0 Å². The Labute approximate surface area is 116 Å². The first kappa shape index (κ1) is 13.0. The van der Waals surface area contributed by atoms with Gasteiger partial charge in [0.2, 0.25) is 0 Å². The van der Waals surface area contributed by atoms with E-state index in [1.807, 2.05) is 36.4 Å². The fourth-order valence-corrected chi connectivity index (χ4v) is 2.05. The minimum atomic E-state index is 0.603. The van der Waals surface area contributed by atoms with Gasteiger partial charge in [0, 0.05) is 25.0 Å². The van der Waals surface area contributed by atoms with Gasteiger partial charge in [0.15, 0.2) is 0 Å². The topological polar surface area (TPSA) is 35.8 Å². The molecule has 0 saturated heterocycles. The molecule has 0 unspecified atom stereocenters. The lowest BCUT2D eigenvalue weighted by Crippen LogP contribution is -2.09. The quantitative estimate of drug-likeness (QED) is 0.855. The molecule has 0 aliphatic heterocycles. The highest BCUT2D eigenvalue weighted by Gasteiger charge is 2.05. The van der Waals surface area contributed by atoms with Gasteiger partial charge >= 0.3 is 0 Å². The van der Waals surface area contributed by atoms with Gasteiger partial charge < -0.3 is 0 Å². The van der Waals surface area contributed by atoms with Crippen LogP contribution in [0.5, 0.6) is 0 Å². The van der Waals surface area contributed by atoms with E-state index in [-0.39, 0.29) is 0 Å². The van der Waals surface area contributed by atoms with Crippen LogP contribution in [0.3, 0.4) is 0 Å². The van der Waals surface area contributed by atoms with Crippen LogP contribution < -0.4 is 5.06 Å². The molecule has 0 aromatic heterocycles. The Balaban J connectivity index is 2.39. The van der Waals surface area contributed by atoms with E-state index in [9.17, 15) is 5.21 Å². The predicted octanol–water partition coefficient (Wildman–Crippen LogP) is 4.19. The second kappa shape index (κ2) is 5.44. The first-order valence-corrected chi connectivity index (χ1v) is 6.02. The number of halogens is 1. The Kier molecular flexibility index (Phi) is 3.91. The number of hydroxylamine groups is 1. The Morgan fingerprint density at radius 2 is 1.83 bits per heavy atom. The number of hydrogen-bond donors (Lipinski definition) is 1.